The lowest BCUT2D eigenvalue weighted by molar-refractivity contribution is 0.0697. The Kier molecular flexibility index (Phi) is 5.17. The normalized spacial score (nSPS) is 13.4. The maximum atomic E-state index is 11.3. The summed E-state index contributed by atoms with van der Waals surface area (Å²) in [6.07, 6.45) is -0.232. The molecule has 0 aromatic heterocycles. The van der Waals surface area contributed by atoms with E-state index in [1.54, 1.807) is 36.2 Å². The molecule has 0 saturated heterocycles. The van der Waals surface area contributed by atoms with Gasteiger partial charge in [-0.05, 0) is 30.0 Å². The molecule has 0 spiro atoms. The van der Waals surface area contributed by atoms with Crippen LogP contribution in [0, 0.1) is 0 Å². The van der Waals surface area contributed by atoms with Gasteiger partial charge in [0.15, 0.2) is 0 Å². The van der Waals surface area contributed by atoms with Crippen molar-refractivity contribution in [3.63, 3.8) is 0 Å². The number of nitrogens with zero attached hydrogens (tertiary/aromatic N) is 1. The van der Waals surface area contributed by atoms with Crippen LogP contribution in [0.5, 0.6) is 0 Å². The molecule has 0 fully saturated rings. The molecule has 2 unspecified atom stereocenters. The van der Waals surface area contributed by atoms with Crippen LogP contribution in [0.25, 0.3) is 0 Å². The highest BCUT2D eigenvalue weighted by Gasteiger charge is 2.20. The number of aromatic carboxylic acids is 1. The maximum absolute atomic E-state index is 11.3. The largest absolute Gasteiger partial charge is 0.478 e. The van der Waals surface area contributed by atoms with Gasteiger partial charge in [-0.1, -0.05) is 49.4 Å². The highest BCUT2D eigenvalue weighted by Crippen LogP contribution is 2.26. The SMILES string of the molecule is CC(CC(O)N(C)c1ccccc1C(=O)O)c1ccccc1. The number of carboxylic acid groups (broad SMARTS) is 1. The van der Waals surface area contributed by atoms with Crippen molar-refractivity contribution in [2.45, 2.75) is 25.5 Å². The number of rotatable bonds is 6. The lowest BCUT2D eigenvalue weighted by Gasteiger charge is -2.29. The summed E-state index contributed by atoms with van der Waals surface area (Å²) in [6, 6.07) is 16.7. The standard InChI is InChI=1S/C18H21NO3/c1-13(14-8-4-3-5-9-14)12-17(20)19(2)16-11-7-6-10-15(16)18(21)22/h3-11,13,17,20H,12H2,1-2H3,(H,21,22). The number of benzene rings is 2. The first-order chi connectivity index (χ1) is 10.5. The summed E-state index contributed by atoms with van der Waals surface area (Å²) in [6.45, 7) is 2.05. The van der Waals surface area contributed by atoms with Gasteiger partial charge in [0.25, 0.3) is 0 Å². The molecule has 0 saturated carbocycles. The van der Waals surface area contributed by atoms with E-state index in [0.29, 0.717) is 12.1 Å². The van der Waals surface area contributed by atoms with Crippen LogP contribution in [0.15, 0.2) is 54.6 Å². The summed E-state index contributed by atoms with van der Waals surface area (Å²) in [7, 11) is 1.71. The minimum Gasteiger partial charge on any atom is -0.478 e. The Morgan fingerprint density at radius 3 is 2.32 bits per heavy atom. The molecule has 0 radical (unpaired) electrons. The van der Waals surface area contributed by atoms with Crippen LogP contribution in [0.2, 0.25) is 0 Å². The zero-order chi connectivity index (χ0) is 16.1. The van der Waals surface area contributed by atoms with Gasteiger partial charge in [0.1, 0.15) is 6.23 Å². The first kappa shape index (κ1) is 16.0. The molecular formula is C18H21NO3. The molecule has 116 valence electrons. The van der Waals surface area contributed by atoms with Crippen molar-refractivity contribution in [1.82, 2.24) is 0 Å². The fraction of sp³-hybridized carbons (Fsp3) is 0.278. The summed E-state index contributed by atoms with van der Waals surface area (Å²) >= 11 is 0. The molecule has 4 nitrogen and oxygen atoms in total. The van der Waals surface area contributed by atoms with Gasteiger partial charge in [-0.25, -0.2) is 4.79 Å². The third-order valence-electron chi connectivity index (χ3n) is 3.89. The van der Waals surface area contributed by atoms with Gasteiger partial charge in [0.2, 0.25) is 0 Å². The number of hydrogen-bond acceptors (Lipinski definition) is 3. The van der Waals surface area contributed by atoms with Crippen molar-refractivity contribution < 1.29 is 15.0 Å². The fourth-order valence-electron chi connectivity index (χ4n) is 2.51. The van der Waals surface area contributed by atoms with Gasteiger partial charge in [-0.2, -0.15) is 0 Å². The van der Waals surface area contributed by atoms with E-state index in [1.165, 1.54) is 0 Å². The highest BCUT2D eigenvalue weighted by atomic mass is 16.4. The molecular weight excluding hydrogens is 278 g/mol. The molecule has 0 bridgehead atoms. The lowest BCUT2D eigenvalue weighted by atomic mass is 9.96. The summed E-state index contributed by atoms with van der Waals surface area (Å²) in [5.74, 6) is -0.818. The van der Waals surface area contributed by atoms with E-state index in [0.717, 1.165) is 5.56 Å². The molecule has 22 heavy (non-hydrogen) atoms. The molecule has 0 aliphatic carbocycles. The quantitative estimate of drug-likeness (QED) is 0.803. The van der Waals surface area contributed by atoms with E-state index in [1.807, 2.05) is 30.3 Å². The van der Waals surface area contributed by atoms with E-state index in [9.17, 15) is 15.0 Å². The van der Waals surface area contributed by atoms with Crippen LogP contribution >= 0.6 is 0 Å². The number of carboxylic acids is 1. The second-order valence-corrected chi connectivity index (χ2v) is 5.46. The number of hydrogen-bond donors (Lipinski definition) is 2. The Labute approximate surface area is 130 Å². The Morgan fingerprint density at radius 1 is 1.09 bits per heavy atom. The first-order valence-corrected chi connectivity index (χ1v) is 7.29. The number of anilines is 1. The Balaban J connectivity index is 2.13. The molecule has 2 aromatic carbocycles. The first-order valence-electron chi connectivity index (χ1n) is 7.29. The van der Waals surface area contributed by atoms with Gasteiger partial charge in [0.05, 0.1) is 11.3 Å². The number of carbonyl (C=O) groups is 1. The highest BCUT2D eigenvalue weighted by molar-refractivity contribution is 5.94. The summed E-state index contributed by atoms with van der Waals surface area (Å²) in [4.78, 5) is 12.9. The molecule has 0 aliphatic heterocycles. The topological polar surface area (TPSA) is 60.8 Å². The van der Waals surface area contributed by atoms with Crippen molar-refractivity contribution >= 4 is 11.7 Å². The van der Waals surface area contributed by atoms with Gasteiger partial charge in [-0.15, -0.1) is 0 Å². The van der Waals surface area contributed by atoms with E-state index in [4.69, 9.17) is 0 Å². The van der Waals surface area contributed by atoms with Gasteiger partial charge in [-0.3, -0.25) is 0 Å². The summed E-state index contributed by atoms with van der Waals surface area (Å²) < 4.78 is 0. The molecule has 2 aromatic rings. The fourth-order valence-corrected chi connectivity index (χ4v) is 2.51. The van der Waals surface area contributed by atoms with Crippen molar-refractivity contribution in [3.05, 3.63) is 65.7 Å². The van der Waals surface area contributed by atoms with Crippen molar-refractivity contribution in [1.29, 1.82) is 0 Å². The zero-order valence-corrected chi connectivity index (χ0v) is 12.8. The van der Waals surface area contributed by atoms with E-state index >= 15 is 0 Å². The van der Waals surface area contributed by atoms with Crippen LogP contribution < -0.4 is 4.90 Å². The smallest absolute Gasteiger partial charge is 0.337 e. The van der Waals surface area contributed by atoms with Crippen LogP contribution in [0.3, 0.4) is 0 Å². The number of aliphatic hydroxyl groups excluding tert-OH is 1. The number of aliphatic hydroxyl groups is 1. The lowest BCUT2D eigenvalue weighted by Crippen LogP contribution is -2.33. The molecule has 0 aliphatic rings. The third kappa shape index (κ3) is 3.65. The molecule has 4 heteroatoms. The van der Waals surface area contributed by atoms with Crippen molar-refractivity contribution in [2.75, 3.05) is 11.9 Å². The van der Waals surface area contributed by atoms with Crippen LogP contribution in [0.4, 0.5) is 5.69 Å². The van der Waals surface area contributed by atoms with Crippen LogP contribution in [-0.2, 0) is 0 Å². The molecule has 2 atom stereocenters. The minimum atomic E-state index is -0.995. The third-order valence-corrected chi connectivity index (χ3v) is 3.89. The predicted octanol–water partition coefficient (Wildman–Crippen LogP) is 3.33. The monoisotopic (exact) mass is 299 g/mol. The molecule has 0 amide bonds. The van der Waals surface area contributed by atoms with E-state index in [-0.39, 0.29) is 11.5 Å². The molecule has 2 N–H and O–H groups in total. The molecule has 0 heterocycles. The van der Waals surface area contributed by atoms with Gasteiger partial charge in [0, 0.05) is 7.05 Å². The van der Waals surface area contributed by atoms with E-state index in [2.05, 4.69) is 6.92 Å². The van der Waals surface area contributed by atoms with E-state index < -0.39 is 12.2 Å². The number of para-hydroxylation sites is 1. The van der Waals surface area contributed by atoms with Crippen molar-refractivity contribution in [2.24, 2.45) is 0 Å². The van der Waals surface area contributed by atoms with Crippen LogP contribution in [0.1, 0.15) is 35.2 Å². The van der Waals surface area contributed by atoms with Crippen LogP contribution in [-0.4, -0.2) is 29.5 Å². The van der Waals surface area contributed by atoms with Gasteiger partial charge >= 0.3 is 5.97 Å². The Hall–Kier alpha value is -2.33. The summed E-state index contributed by atoms with van der Waals surface area (Å²) in [5.41, 5.74) is 1.86. The Bertz CT molecular complexity index is 627. The second-order valence-electron chi connectivity index (χ2n) is 5.46. The predicted molar refractivity (Wildman–Crippen MR) is 87.3 cm³/mol. The second kappa shape index (κ2) is 7.09. The average Bonchev–Trinajstić information content (AvgIpc) is 2.54. The molecule has 2 rings (SSSR count). The Morgan fingerprint density at radius 2 is 1.68 bits per heavy atom. The maximum Gasteiger partial charge on any atom is 0.337 e. The summed E-state index contributed by atoms with van der Waals surface area (Å²) in [5, 5.41) is 19.7. The minimum absolute atomic E-state index is 0.177. The average molecular weight is 299 g/mol. The van der Waals surface area contributed by atoms with Crippen molar-refractivity contribution in [3.8, 4) is 0 Å². The van der Waals surface area contributed by atoms with Gasteiger partial charge < -0.3 is 15.1 Å². The zero-order valence-electron chi connectivity index (χ0n) is 12.8.